The Labute approximate surface area is 98.6 Å². The average molecular weight is 234 g/mol. The third-order valence-corrected chi connectivity index (χ3v) is 1.97. The molecule has 0 amide bonds. The largest absolute Gasteiger partial charge is 0.481 e. The van der Waals surface area contributed by atoms with Gasteiger partial charge >= 0.3 is 5.97 Å². The van der Waals surface area contributed by atoms with Crippen LogP contribution >= 0.6 is 0 Å². The second-order valence-corrected chi connectivity index (χ2v) is 3.58. The Morgan fingerprint density at radius 1 is 1.25 bits per heavy atom. The Kier molecular flexibility index (Phi) is 16.0. The predicted molar refractivity (Wildman–Crippen MR) is 64.6 cm³/mol. The molecule has 0 aliphatic rings. The zero-order valence-electron chi connectivity index (χ0n) is 10.7. The summed E-state index contributed by atoms with van der Waals surface area (Å²) in [5.74, 6) is -0.711. The highest BCUT2D eigenvalue weighted by molar-refractivity contribution is 5.66. The van der Waals surface area contributed by atoms with E-state index in [2.05, 4.69) is 6.92 Å². The number of ether oxygens (including phenoxy) is 1. The number of hydrogen-bond donors (Lipinski definition) is 2. The molecule has 2 N–H and O–H groups in total. The van der Waals surface area contributed by atoms with Crippen LogP contribution in [-0.2, 0) is 9.53 Å². The van der Waals surface area contributed by atoms with Gasteiger partial charge in [0.2, 0.25) is 0 Å². The summed E-state index contributed by atoms with van der Waals surface area (Å²) in [6.45, 7) is 6.93. The Bertz CT molecular complexity index is 144. The summed E-state index contributed by atoms with van der Waals surface area (Å²) in [6.07, 6.45) is 4.24. The average Bonchev–Trinajstić information content (AvgIpc) is 2.25. The van der Waals surface area contributed by atoms with Gasteiger partial charge in [-0.05, 0) is 19.3 Å². The minimum absolute atomic E-state index is 0.0616. The highest BCUT2D eigenvalue weighted by atomic mass is 16.5. The van der Waals surface area contributed by atoms with Crippen LogP contribution in [0.4, 0.5) is 0 Å². The predicted octanol–water partition coefficient (Wildman–Crippen LogP) is 2.45. The first-order chi connectivity index (χ1) is 7.62. The zero-order chi connectivity index (χ0) is 12.8. The SMILES string of the molecule is CCCC(=O)O.CCCCOC(CC)CO. The van der Waals surface area contributed by atoms with Gasteiger partial charge in [0.25, 0.3) is 0 Å². The van der Waals surface area contributed by atoms with E-state index >= 15 is 0 Å². The summed E-state index contributed by atoms with van der Waals surface area (Å²) in [4.78, 5) is 9.60. The normalized spacial score (nSPS) is 11.5. The Morgan fingerprint density at radius 2 is 1.88 bits per heavy atom. The maximum atomic E-state index is 9.60. The summed E-state index contributed by atoms with van der Waals surface area (Å²) in [6, 6.07) is 0. The molecule has 0 aliphatic carbocycles. The number of aliphatic hydroxyl groups excluding tert-OH is 1. The number of aliphatic hydroxyl groups is 1. The summed E-state index contributed by atoms with van der Waals surface area (Å²) in [5, 5.41) is 16.6. The van der Waals surface area contributed by atoms with Crippen LogP contribution in [0, 0.1) is 0 Å². The van der Waals surface area contributed by atoms with Crippen LogP contribution in [0.1, 0.15) is 52.9 Å². The van der Waals surface area contributed by atoms with Crippen molar-refractivity contribution in [2.75, 3.05) is 13.2 Å². The van der Waals surface area contributed by atoms with Crippen molar-refractivity contribution in [1.82, 2.24) is 0 Å². The van der Waals surface area contributed by atoms with Gasteiger partial charge in [0, 0.05) is 13.0 Å². The molecule has 0 spiro atoms. The van der Waals surface area contributed by atoms with Crippen molar-refractivity contribution in [2.45, 2.75) is 59.0 Å². The van der Waals surface area contributed by atoms with E-state index in [4.69, 9.17) is 14.9 Å². The molecule has 0 radical (unpaired) electrons. The molecule has 0 rings (SSSR count). The van der Waals surface area contributed by atoms with Crippen molar-refractivity contribution in [1.29, 1.82) is 0 Å². The molecule has 0 aliphatic heterocycles. The molecule has 0 bridgehead atoms. The highest BCUT2D eigenvalue weighted by Crippen LogP contribution is 1.98. The van der Waals surface area contributed by atoms with Crippen molar-refractivity contribution >= 4 is 5.97 Å². The molecule has 16 heavy (non-hydrogen) atoms. The molecule has 0 aromatic carbocycles. The van der Waals surface area contributed by atoms with Crippen molar-refractivity contribution in [3.63, 3.8) is 0 Å². The molecule has 0 fully saturated rings. The second-order valence-electron chi connectivity index (χ2n) is 3.58. The van der Waals surface area contributed by atoms with E-state index in [1.54, 1.807) is 0 Å². The van der Waals surface area contributed by atoms with Crippen molar-refractivity contribution in [3.8, 4) is 0 Å². The first kappa shape index (κ1) is 17.8. The van der Waals surface area contributed by atoms with Gasteiger partial charge in [-0.25, -0.2) is 0 Å². The third kappa shape index (κ3) is 15.8. The summed E-state index contributed by atoms with van der Waals surface area (Å²) < 4.78 is 5.33. The first-order valence-corrected chi connectivity index (χ1v) is 6.06. The van der Waals surface area contributed by atoms with Crippen LogP contribution in [0.25, 0.3) is 0 Å². The van der Waals surface area contributed by atoms with Gasteiger partial charge in [0.15, 0.2) is 0 Å². The molecular weight excluding hydrogens is 208 g/mol. The van der Waals surface area contributed by atoms with E-state index < -0.39 is 5.97 Å². The number of carboxylic acids is 1. The molecule has 0 aromatic rings. The smallest absolute Gasteiger partial charge is 0.303 e. The van der Waals surface area contributed by atoms with Gasteiger partial charge in [-0.2, -0.15) is 0 Å². The zero-order valence-corrected chi connectivity index (χ0v) is 10.7. The fourth-order valence-corrected chi connectivity index (χ4v) is 0.908. The van der Waals surface area contributed by atoms with Gasteiger partial charge in [0.05, 0.1) is 12.7 Å². The second kappa shape index (κ2) is 14.4. The van der Waals surface area contributed by atoms with Gasteiger partial charge in [-0.3, -0.25) is 4.79 Å². The maximum Gasteiger partial charge on any atom is 0.303 e. The van der Waals surface area contributed by atoms with Crippen LogP contribution < -0.4 is 0 Å². The van der Waals surface area contributed by atoms with E-state index in [-0.39, 0.29) is 12.7 Å². The first-order valence-electron chi connectivity index (χ1n) is 6.06. The Hall–Kier alpha value is -0.610. The Morgan fingerprint density at radius 3 is 2.12 bits per heavy atom. The molecule has 0 saturated heterocycles. The van der Waals surface area contributed by atoms with Gasteiger partial charge in [0.1, 0.15) is 0 Å². The topological polar surface area (TPSA) is 66.8 Å². The molecule has 0 aromatic heterocycles. The molecule has 1 unspecified atom stereocenters. The quantitative estimate of drug-likeness (QED) is 0.633. The lowest BCUT2D eigenvalue weighted by Gasteiger charge is -2.11. The fourth-order valence-electron chi connectivity index (χ4n) is 0.908. The van der Waals surface area contributed by atoms with E-state index in [1.807, 2.05) is 13.8 Å². The lowest BCUT2D eigenvalue weighted by molar-refractivity contribution is -0.137. The molecule has 4 nitrogen and oxygen atoms in total. The van der Waals surface area contributed by atoms with E-state index in [9.17, 15) is 4.79 Å². The van der Waals surface area contributed by atoms with E-state index in [0.29, 0.717) is 6.42 Å². The Balaban J connectivity index is 0. The van der Waals surface area contributed by atoms with Crippen LogP contribution in [0.5, 0.6) is 0 Å². The highest BCUT2D eigenvalue weighted by Gasteiger charge is 2.01. The van der Waals surface area contributed by atoms with Crippen molar-refractivity contribution < 1.29 is 19.7 Å². The van der Waals surface area contributed by atoms with Gasteiger partial charge in [-0.15, -0.1) is 0 Å². The number of rotatable bonds is 8. The fraction of sp³-hybridized carbons (Fsp3) is 0.917. The summed E-state index contributed by atoms with van der Waals surface area (Å²) >= 11 is 0. The van der Waals surface area contributed by atoms with Crippen LogP contribution in [0.3, 0.4) is 0 Å². The lowest BCUT2D eigenvalue weighted by Crippen LogP contribution is -2.16. The minimum atomic E-state index is -0.711. The van der Waals surface area contributed by atoms with Crippen LogP contribution in [-0.4, -0.2) is 35.5 Å². The van der Waals surface area contributed by atoms with Crippen LogP contribution in [0.2, 0.25) is 0 Å². The van der Waals surface area contributed by atoms with E-state index in [1.165, 1.54) is 0 Å². The molecule has 0 saturated carbocycles. The summed E-state index contributed by atoms with van der Waals surface area (Å²) in [7, 11) is 0. The number of aliphatic carboxylic acids is 1. The number of hydrogen-bond acceptors (Lipinski definition) is 3. The van der Waals surface area contributed by atoms with Gasteiger partial charge in [-0.1, -0.05) is 27.2 Å². The van der Waals surface area contributed by atoms with Crippen LogP contribution in [0.15, 0.2) is 0 Å². The van der Waals surface area contributed by atoms with Crippen molar-refractivity contribution in [2.24, 2.45) is 0 Å². The number of unbranched alkanes of at least 4 members (excludes halogenated alkanes) is 1. The molecule has 0 heterocycles. The van der Waals surface area contributed by atoms with E-state index in [0.717, 1.165) is 32.3 Å². The lowest BCUT2D eigenvalue weighted by atomic mass is 10.3. The molecule has 98 valence electrons. The summed E-state index contributed by atoms with van der Waals surface area (Å²) in [5.41, 5.74) is 0. The minimum Gasteiger partial charge on any atom is -0.481 e. The number of carboxylic acid groups (broad SMARTS) is 1. The van der Waals surface area contributed by atoms with Crippen molar-refractivity contribution in [3.05, 3.63) is 0 Å². The molecule has 1 atom stereocenters. The third-order valence-electron chi connectivity index (χ3n) is 1.97. The molecular formula is C12H26O4. The maximum absolute atomic E-state index is 9.60. The standard InChI is InChI=1S/C8H18O2.C4H8O2/c1-3-5-6-10-8(4-2)7-9;1-2-3-4(5)6/h8-9H,3-7H2,1-2H3;2-3H2,1H3,(H,5,6). The molecule has 4 heteroatoms. The monoisotopic (exact) mass is 234 g/mol. The number of carbonyl (C=O) groups is 1. The van der Waals surface area contributed by atoms with Gasteiger partial charge < -0.3 is 14.9 Å².